The Hall–Kier alpha value is -1.14. The molecule has 2 aliphatic rings. The Morgan fingerprint density at radius 2 is 2.16 bits per heavy atom. The molecule has 1 aromatic rings. The zero-order chi connectivity index (χ0) is 13.1. The van der Waals surface area contributed by atoms with E-state index in [0.717, 1.165) is 19.1 Å². The van der Waals surface area contributed by atoms with Crippen molar-refractivity contribution in [1.82, 2.24) is 15.5 Å². The van der Waals surface area contributed by atoms with Crippen LogP contribution in [0.3, 0.4) is 0 Å². The summed E-state index contributed by atoms with van der Waals surface area (Å²) in [5, 5.41) is 11.5. The van der Waals surface area contributed by atoms with Gasteiger partial charge in [-0.05, 0) is 31.6 Å². The topological polar surface area (TPSA) is 63.4 Å². The smallest absolute Gasteiger partial charge is 0.318 e. The SMILES string of the molecule is CN(CCOCC1CC1)c1nnc(CNC2CC2)o1. The molecule has 2 saturated carbocycles. The minimum absolute atomic E-state index is 0.572. The standard InChI is InChI=1S/C13H22N4O2/c1-17(6-7-18-9-10-2-3-10)13-16-15-12(19-13)8-14-11-4-5-11/h10-11,14H,2-9H2,1H3. The maximum absolute atomic E-state index is 5.60. The van der Waals surface area contributed by atoms with Gasteiger partial charge in [-0.1, -0.05) is 5.10 Å². The van der Waals surface area contributed by atoms with E-state index >= 15 is 0 Å². The van der Waals surface area contributed by atoms with E-state index in [1.54, 1.807) is 0 Å². The monoisotopic (exact) mass is 266 g/mol. The van der Waals surface area contributed by atoms with Crippen LogP contribution in [-0.2, 0) is 11.3 Å². The van der Waals surface area contributed by atoms with Gasteiger partial charge < -0.3 is 19.4 Å². The van der Waals surface area contributed by atoms with Crippen molar-refractivity contribution < 1.29 is 9.15 Å². The number of anilines is 1. The van der Waals surface area contributed by atoms with Gasteiger partial charge in [-0.3, -0.25) is 0 Å². The first-order valence-corrected chi connectivity index (χ1v) is 7.16. The number of likely N-dealkylation sites (N-methyl/N-ethyl adjacent to an activating group) is 1. The first kappa shape index (κ1) is 12.9. The van der Waals surface area contributed by atoms with E-state index in [0.29, 0.717) is 31.1 Å². The van der Waals surface area contributed by atoms with E-state index in [4.69, 9.17) is 9.15 Å². The molecule has 0 amide bonds. The first-order chi connectivity index (χ1) is 9.31. The van der Waals surface area contributed by atoms with E-state index in [2.05, 4.69) is 15.5 Å². The molecule has 6 heteroatoms. The summed E-state index contributed by atoms with van der Waals surface area (Å²) >= 11 is 0. The van der Waals surface area contributed by atoms with Crippen LogP contribution in [0.25, 0.3) is 0 Å². The van der Waals surface area contributed by atoms with Gasteiger partial charge in [0.1, 0.15) is 0 Å². The average molecular weight is 266 g/mol. The first-order valence-electron chi connectivity index (χ1n) is 7.16. The van der Waals surface area contributed by atoms with Crippen LogP contribution in [0, 0.1) is 5.92 Å². The number of hydrogen-bond acceptors (Lipinski definition) is 6. The van der Waals surface area contributed by atoms with Crippen molar-refractivity contribution in [3.05, 3.63) is 5.89 Å². The molecule has 0 radical (unpaired) electrons. The third kappa shape index (κ3) is 4.18. The van der Waals surface area contributed by atoms with Gasteiger partial charge in [0.15, 0.2) is 0 Å². The molecule has 0 spiro atoms. The van der Waals surface area contributed by atoms with Gasteiger partial charge in [-0.2, -0.15) is 0 Å². The second kappa shape index (κ2) is 5.88. The maximum atomic E-state index is 5.60. The lowest BCUT2D eigenvalue weighted by Gasteiger charge is -2.13. The van der Waals surface area contributed by atoms with Crippen molar-refractivity contribution in [1.29, 1.82) is 0 Å². The lowest BCUT2D eigenvalue weighted by atomic mass is 10.5. The van der Waals surface area contributed by atoms with Crippen molar-refractivity contribution in [3.8, 4) is 0 Å². The van der Waals surface area contributed by atoms with E-state index < -0.39 is 0 Å². The van der Waals surface area contributed by atoms with E-state index in [9.17, 15) is 0 Å². The molecule has 1 aromatic heterocycles. The summed E-state index contributed by atoms with van der Waals surface area (Å²) in [5.74, 6) is 1.47. The highest BCUT2D eigenvalue weighted by atomic mass is 16.5. The lowest BCUT2D eigenvalue weighted by molar-refractivity contribution is 0.130. The molecule has 0 bridgehead atoms. The van der Waals surface area contributed by atoms with Crippen LogP contribution in [0.1, 0.15) is 31.6 Å². The Morgan fingerprint density at radius 3 is 2.89 bits per heavy atom. The Morgan fingerprint density at radius 1 is 1.32 bits per heavy atom. The van der Waals surface area contributed by atoms with Crippen LogP contribution in [0.4, 0.5) is 6.01 Å². The van der Waals surface area contributed by atoms with Crippen molar-refractivity contribution in [2.24, 2.45) is 5.92 Å². The molecule has 2 aliphatic carbocycles. The Labute approximate surface area is 113 Å². The summed E-state index contributed by atoms with van der Waals surface area (Å²) in [6.45, 7) is 3.06. The minimum Gasteiger partial charge on any atom is -0.407 e. The minimum atomic E-state index is 0.572. The number of aromatic nitrogens is 2. The summed E-state index contributed by atoms with van der Waals surface area (Å²) in [6, 6.07) is 1.23. The Kier molecular flexibility index (Phi) is 3.98. The molecule has 106 valence electrons. The normalized spacial score (nSPS) is 18.8. The second-order valence-corrected chi connectivity index (χ2v) is 5.57. The summed E-state index contributed by atoms with van der Waals surface area (Å²) in [7, 11) is 1.95. The molecule has 1 heterocycles. The van der Waals surface area contributed by atoms with Crippen LogP contribution in [0.5, 0.6) is 0 Å². The van der Waals surface area contributed by atoms with Gasteiger partial charge in [0.2, 0.25) is 5.89 Å². The molecule has 0 aliphatic heterocycles. The molecule has 0 saturated heterocycles. The van der Waals surface area contributed by atoms with Crippen LogP contribution in [0.2, 0.25) is 0 Å². The van der Waals surface area contributed by atoms with Crippen molar-refractivity contribution >= 4 is 6.01 Å². The fourth-order valence-electron chi connectivity index (χ4n) is 1.82. The summed E-state index contributed by atoms with van der Waals surface area (Å²) in [4.78, 5) is 1.94. The molecule has 2 fully saturated rings. The Bertz CT molecular complexity index is 401. The number of rotatable bonds is 9. The van der Waals surface area contributed by atoms with Gasteiger partial charge in [0.05, 0.1) is 13.2 Å². The molecule has 19 heavy (non-hydrogen) atoms. The lowest BCUT2D eigenvalue weighted by Crippen LogP contribution is -2.23. The summed E-state index contributed by atoms with van der Waals surface area (Å²) in [6.07, 6.45) is 5.19. The Balaban J connectivity index is 1.36. The van der Waals surface area contributed by atoms with Gasteiger partial charge >= 0.3 is 6.01 Å². The summed E-state index contributed by atoms with van der Waals surface area (Å²) < 4.78 is 11.2. The van der Waals surface area contributed by atoms with Crippen molar-refractivity contribution in [3.63, 3.8) is 0 Å². The van der Waals surface area contributed by atoms with Gasteiger partial charge in [-0.15, -0.1) is 5.10 Å². The highest BCUT2D eigenvalue weighted by Gasteiger charge is 2.22. The molecular formula is C13H22N4O2. The molecule has 0 aromatic carbocycles. The third-order valence-corrected chi connectivity index (χ3v) is 3.52. The van der Waals surface area contributed by atoms with Crippen LogP contribution < -0.4 is 10.2 Å². The van der Waals surface area contributed by atoms with E-state index in [1.807, 2.05) is 11.9 Å². The third-order valence-electron chi connectivity index (χ3n) is 3.52. The van der Waals surface area contributed by atoms with Gasteiger partial charge in [0.25, 0.3) is 0 Å². The van der Waals surface area contributed by atoms with Crippen LogP contribution >= 0.6 is 0 Å². The maximum Gasteiger partial charge on any atom is 0.318 e. The van der Waals surface area contributed by atoms with Gasteiger partial charge in [-0.25, -0.2) is 0 Å². The molecule has 0 atom stereocenters. The van der Waals surface area contributed by atoms with E-state index in [-0.39, 0.29) is 0 Å². The fraction of sp³-hybridized carbons (Fsp3) is 0.846. The number of hydrogen-bond donors (Lipinski definition) is 1. The number of nitrogens with one attached hydrogen (secondary N) is 1. The fourth-order valence-corrected chi connectivity index (χ4v) is 1.82. The largest absolute Gasteiger partial charge is 0.407 e. The zero-order valence-corrected chi connectivity index (χ0v) is 11.5. The van der Waals surface area contributed by atoms with Crippen LogP contribution in [-0.4, -0.2) is 43.0 Å². The predicted molar refractivity (Wildman–Crippen MR) is 71.0 cm³/mol. The molecule has 1 N–H and O–H groups in total. The quantitative estimate of drug-likeness (QED) is 0.677. The molecule has 3 rings (SSSR count). The second-order valence-electron chi connectivity index (χ2n) is 5.57. The van der Waals surface area contributed by atoms with Crippen LogP contribution in [0.15, 0.2) is 4.42 Å². The highest BCUT2D eigenvalue weighted by Crippen LogP contribution is 2.28. The highest BCUT2D eigenvalue weighted by molar-refractivity contribution is 5.21. The van der Waals surface area contributed by atoms with Crippen molar-refractivity contribution in [2.45, 2.75) is 38.3 Å². The van der Waals surface area contributed by atoms with Gasteiger partial charge in [0, 0.05) is 26.2 Å². The zero-order valence-electron chi connectivity index (χ0n) is 11.5. The molecule has 6 nitrogen and oxygen atoms in total. The predicted octanol–water partition coefficient (Wildman–Crippen LogP) is 1.18. The van der Waals surface area contributed by atoms with Crippen molar-refractivity contribution in [2.75, 3.05) is 31.7 Å². The molecule has 0 unspecified atom stereocenters. The average Bonchev–Trinajstić information content (AvgIpc) is 3.33. The molecular weight excluding hydrogens is 244 g/mol. The number of nitrogens with zero attached hydrogens (tertiary/aromatic N) is 3. The van der Waals surface area contributed by atoms with E-state index in [1.165, 1.54) is 25.7 Å². The number of ether oxygens (including phenoxy) is 1. The summed E-state index contributed by atoms with van der Waals surface area (Å²) in [5.41, 5.74) is 0.